The van der Waals surface area contributed by atoms with Crippen LogP contribution in [0.3, 0.4) is 0 Å². The van der Waals surface area contributed by atoms with Crippen molar-refractivity contribution >= 4 is 34.0 Å². The van der Waals surface area contributed by atoms with Gasteiger partial charge < -0.3 is 10.1 Å². The lowest BCUT2D eigenvalue weighted by Crippen LogP contribution is -2.34. The molecule has 2 amide bonds. The third-order valence-electron chi connectivity index (χ3n) is 4.01. The SMILES string of the molecule is O=C(CNC(=O)c1cccc(Br)c1)NN=Cc1cccc(OCc2ccccc2)c1. The monoisotopic (exact) mass is 465 g/mol. The maximum atomic E-state index is 12.0. The van der Waals surface area contributed by atoms with Crippen LogP contribution in [0.25, 0.3) is 0 Å². The molecule has 0 fully saturated rings. The van der Waals surface area contributed by atoms with Crippen molar-refractivity contribution in [1.29, 1.82) is 0 Å². The molecule has 2 N–H and O–H groups in total. The zero-order chi connectivity index (χ0) is 21.2. The topological polar surface area (TPSA) is 79.8 Å². The summed E-state index contributed by atoms with van der Waals surface area (Å²) in [6, 6.07) is 24.2. The van der Waals surface area contributed by atoms with E-state index in [2.05, 4.69) is 31.8 Å². The largest absolute Gasteiger partial charge is 0.489 e. The Bertz CT molecular complexity index is 1040. The second kappa shape index (κ2) is 10.9. The number of ether oxygens (including phenoxy) is 1. The highest BCUT2D eigenvalue weighted by atomic mass is 79.9. The van der Waals surface area contributed by atoms with Crippen LogP contribution in [-0.2, 0) is 11.4 Å². The second-order valence-corrected chi connectivity index (χ2v) is 7.25. The molecule has 0 unspecified atom stereocenters. The third kappa shape index (κ3) is 6.86. The molecule has 0 bridgehead atoms. The predicted molar refractivity (Wildman–Crippen MR) is 119 cm³/mol. The van der Waals surface area contributed by atoms with Gasteiger partial charge in [-0.2, -0.15) is 5.10 Å². The zero-order valence-corrected chi connectivity index (χ0v) is 17.6. The summed E-state index contributed by atoms with van der Waals surface area (Å²) in [6.07, 6.45) is 1.52. The number of nitrogens with zero attached hydrogens (tertiary/aromatic N) is 1. The van der Waals surface area contributed by atoms with Crippen LogP contribution >= 0.6 is 15.9 Å². The first-order valence-corrected chi connectivity index (χ1v) is 10.0. The molecule has 0 saturated carbocycles. The maximum Gasteiger partial charge on any atom is 0.259 e. The third-order valence-corrected chi connectivity index (χ3v) is 4.50. The van der Waals surface area contributed by atoms with Crippen molar-refractivity contribution in [2.24, 2.45) is 5.10 Å². The maximum absolute atomic E-state index is 12.0. The van der Waals surface area contributed by atoms with Gasteiger partial charge in [0.15, 0.2) is 0 Å². The molecule has 0 heterocycles. The fraction of sp³-hybridized carbons (Fsp3) is 0.0870. The molecule has 0 aromatic heterocycles. The summed E-state index contributed by atoms with van der Waals surface area (Å²) in [6.45, 7) is 0.290. The Morgan fingerprint density at radius 3 is 2.57 bits per heavy atom. The van der Waals surface area contributed by atoms with Gasteiger partial charge in [0.2, 0.25) is 0 Å². The van der Waals surface area contributed by atoms with E-state index in [-0.39, 0.29) is 12.5 Å². The lowest BCUT2D eigenvalue weighted by Gasteiger charge is -2.07. The lowest BCUT2D eigenvalue weighted by molar-refractivity contribution is -0.120. The van der Waals surface area contributed by atoms with Gasteiger partial charge >= 0.3 is 0 Å². The van der Waals surface area contributed by atoms with Crippen molar-refractivity contribution in [1.82, 2.24) is 10.7 Å². The molecule has 30 heavy (non-hydrogen) atoms. The Balaban J connectivity index is 1.45. The number of halogens is 1. The Morgan fingerprint density at radius 1 is 0.967 bits per heavy atom. The number of rotatable bonds is 8. The van der Waals surface area contributed by atoms with Crippen LogP contribution in [0.4, 0.5) is 0 Å². The number of carbonyl (C=O) groups excluding carboxylic acids is 2. The van der Waals surface area contributed by atoms with Gasteiger partial charge in [-0.15, -0.1) is 0 Å². The Labute approximate surface area is 183 Å². The van der Waals surface area contributed by atoms with Crippen molar-refractivity contribution in [3.8, 4) is 5.75 Å². The van der Waals surface area contributed by atoms with E-state index in [1.165, 1.54) is 6.21 Å². The lowest BCUT2D eigenvalue weighted by atomic mass is 10.2. The van der Waals surface area contributed by atoms with Gasteiger partial charge in [0, 0.05) is 10.0 Å². The first-order valence-electron chi connectivity index (χ1n) is 9.22. The van der Waals surface area contributed by atoms with Gasteiger partial charge in [-0.1, -0.05) is 64.5 Å². The van der Waals surface area contributed by atoms with Gasteiger partial charge in [0.1, 0.15) is 12.4 Å². The number of benzene rings is 3. The fourth-order valence-corrected chi connectivity index (χ4v) is 2.94. The molecule has 0 saturated heterocycles. The molecule has 152 valence electrons. The summed E-state index contributed by atoms with van der Waals surface area (Å²) in [7, 11) is 0. The Kier molecular flexibility index (Phi) is 7.74. The smallest absolute Gasteiger partial charge is 0.259 e. The van der Waals surface area contributed by atoms with E-state index < -0.39 is 5.91 Å². The number of amides is 2. The van der Waals surface area contributed by atoms with E-state index in [4.69, 9.17) is 4.74 Å². The zero-order valence-electron chi connectivity index (χ0n) is 16.0. The molecule has 0 aliphatic rings. The molecular formula is C23H20BrN3O3. The van der Waals surface area contributed by atoms with E-state index in [9.17, 15) is 9.59 Å². The molecule has 0 aliphatic heterocycles. The standard InChI is InChI=1S/C23H20BrN3O3/c24-20-10-5-9-19(13-20)23(29)25-15-22(28)27-26-14-18-8-4-11-21(12-18)30-16-17-6-2-1-3-7-17/h1-14H,15-16H2,(H,25,29)(H,27,28). The molecule has 3 rings (SSSR count). The predicted octanol–water partition coefficient (Wildman–Crippen LogP) is 3.91. The van der Waals surface area contributed by atoms with E-state index in [0.717, 1.165) is 15.6 Å². The highest BCUT2D eigenvalue weighted by Gasteiger charge is 2.07. The quantitative estimate of drug-likeness (QED) is 0.390. The molecule has 6 nitrogen and oxygen atoms in total. The molecular weight excluding hydrogens is 446 g/mol. The number of hydrogen-bond acceptors (Lipinski definition) is 4. The Hall–Kier alpha value is -3.45. The highest BCUT2D eigenvalue weighted by Crippen LogP contribution is 2.14. The summed E-state index contributed by atoms with van der Waals surface area (Å²) >= 11 is 3.31. The van der Waals surface area contributed by atoms with E-state index >= 15 is 0 Å². The van der Waals surface area contributed by atoms with Crippen molar-refractivity contribution < 1.29 is 14.3 Å². The fourth-order valence-electron chi connectivity index (χ4n) is 2.54. The van der Waals surface area contributed by atoms with Gasteiger partial charge in [-0.3, -0.25) is 9.59 Å². The minimum Gasteiger partial charge on any atom is -0.489 e. The highest BCUT2D eigenvalue weighted by molar-refractivity contribution is 9.10. The summed E-state index contributed by atoms with van der Waals surface area (Å²) in [5, 5.41) is 6.48. The van der Waals surface area contributed by atoms with Crippen LogP contribution < -0.4 is 15.5 Å². The molecule has 0 spiro atoms. The number of hydrogen-bond donors (Lipinski definition) is 2. The molecule has 3 aromatic rings. The molecule has 0 atom stereocenters. The van der Waals surface area contributed by atoms with Gasteiger partial charge in [0.25, 0.3) is 11.8 Å². The molecule has 7 heteroatoms. The van der Waals surface area contributed by atoms with E-state index in [0.29, 0.717) is 17.9 Å². The van der Waals surface area contributed by atoms with Crippen molar-refractivity contribution in [3.63, 3.8) is 0 Å². The first kappa shape index (κ1) is 21.3. The normalized spacial score (nSPS) is 10.6. The van der Waals surface area contributed by atoms with Crippen molar-refractivity contribution in [2.75, 3.05) is 6.54 Å². The van der Waals surface area contributed by atoms with Crippen LogP contribution in [0.2, 0.25) is 0 Å². The number of hydrazone groups is 1. The average Bonchev–Trinajstić information content (AvgIpc) is 2.77. The van der Waals surface area contributed by atoms with Crippen molar-refractivity contribution in [2.45, 2.75) is 6.61 Å². The minimum atomic E-state index is -0.425. The summed E-state index contributed by atoms with van der Waals surface area (Å²) in [5.74, 6) is -0.0554. The number of carbonyl (C=O) groups is 2. The Morgan fingerprint density at radius 2 is 1.77 bits per heavy atom. The minimum absolute atomic E-state index is 0.178. The van der Waals surface area contributed by atoms with Crippen LogP contribution in [0.1, 0.15) is 21.5 Å². The number of nitrogens with one attached hydrogen (secondary N) is 2. The summed E-state index contributed by atoms with van der Waals surface area (Å²) in [5.41, 5.74) is 4.71. The molecule has 0 radical (unpaired) electrons. The summed E-state index contributed by atoms with van der Waals surface area (Å²) < 4.78 is 6.57. The van der Waals surface area contributed by atoms with E-state index in [1.54, 1.807) is 18.2 Å². The van der Waals surface area contributed by atoms with Gasteiger partial charge in [-0.05, 0) is 41.5 Å². The van der Waals surface area contributed by atoms with Crippen LogP contribution in [0.5, 0.6) is 5.75 Å². The molecule has 3 aromatic carbocycles. The van der Waals surface area contributed by atoms with Crippen LogP contribution in [-0.4, -0.2) is 24.6 Å². The summed E-state index contributed by atoms with van der Waals surface area (Å²) in [4.78, 5) is 23.9. The van der Waals surface area contributed by atoms with Gasteiger partial charge in [-0.25, -0.2) is 5.43 Å². The van der Waals surface area contributed by atoms with Crippen LogP contribution in [0, 0.1) is 0 Å². The van der Waals surface area contributed by atoms with E-state index in [1.807, 2.05) is 60.7 Å². The van der Waals surface area contributed by atoms with Gasteiger partial charge in [0.05, 0.1) is 12.8 Å². The van der Waals surface area contributed by atoms with Crippen LogP contribution in [0.15, 0.2) is 88.4 Å². The second-order valence-electron chi connectivity index (χ2n) is 6.33. The first-order chi connectivity index (χ1) is 14.6. The average molecular weight is 466 g/mol. The molecule has 0 aliphatic carbocycles. The van der Waals surface area contributed by atoms with Crippen molar-refractivity contribution in [3.05, 3.63) is 100 Å².